The second-order valence-corrected chi connectivity index (χ2v) is 7.68. The molecule has 2 heterocycles. The molecule has 1 atom stereocenters. The van der Waals surface area contributed by atoms with Gasteiger partial charge in [0.2, 0.25) is 6.17 Å². The highest BCUT2D eigenvalue weighted by Gasteiger charge is 2.31. The van der Waals surface area contributed by atoms with Crippen molar-refractivity contribution in [3.8, 4) is 0 Å². The van der Waals surface area contributed by atoms with Crippen molar-refractivity contribution in [2.75, 3.05) is 17.3 Å². The fourth-order valence-electron chi connectivity index (χ4n) is 3.26. The molecule has 0 radical (unpaired) electrons. The fourth-order valence-corrected chi connectivity index (χ4v) is 3.62. The molecule has 1 aliphatic rings. The number of benzene rings is 2. The van der Waals surface area contributed by atoms with Crippen LogP contribution in [0.15, 0.2) is 76.5 Å². The van der Waals surface area contributed by atoms with Gasteiger partial charge in [0.05, 0.1) is 23.3 Å². The number of rotatable bonds is 3. The lowest BCUT2D eigenvalue weighted by molar-refractivity contribution is -0.119. The molecule has 2 aromatic carbocycles. The zero-order valence-corrected chi connectivity index (χ0v) is 17.9. The van der Waals surface area contributed by atoms with Crippen molar-refractivity contribution in [1.82, 2.24) is 10.3 Å². The van der Waals surface area contributed by atoms with Crippen LogP contribution >= 0.6 is 15.9 Å². The van der Waals surface area contributed by atoms with E-state index in [4.69, 9.17) is 0 Å². The summed E-state index contributed by atoms with van der Waals surface area (Å²) < 4.78 is 15.3. The molecule has 1 aromatic heterocycles. The molecule has 0 spiro atoms. The molecule has 156 valence electrons. The van der Waals surface area contributed by atoms with E-state index in [0.717, 1.165) is 0 Å². The Bertz CT molecular complexity index is 1200. The molecule has 0 saturated heterocycles. The summed E-state index contributed by atoms with van der Waals surface area (Å²) in [4.78, 5) is 35.5. The number of urea groups is 1. The molecule has 3 amide bonds. The molecule has 0 aliphatic carbocycles. The maximum absolute atomic E-state index is 14.6. The Labute approximate surface area is 186 Å². The normalized spacial score (nSPS) is 15.6. The first-order valence-electron chi connectivity index (χ1n) is 9.32. The van der Waals surface area contributed by atoms with Gasteiger partial charge in [0.25, 0.3) is 5.91 Å². The molecular formula is C22H17BrFN5O2. The second-order valence-electron chi connectivity index (χ2n) is 6.76. The van der Waals surface area contributed by atoms with Crippen LogP contribution in [0.25, 0.3) is 0 Å². The summed E-state index contributed by atoms with van der Waals surface area (Å²) in [6.45, 7) is 0. The number of likely N-dealkylation sites (N-methyl/N-ethyl adjacent to an activating group) is 1. The van der Waals surface area contributed by atoms with E-state index < -0.39 is 23.9 Å². The van der Waals surface area contributed by atoms with Crippen molar-refractivity contribution in [3.63, 3.8) is 0 Å². The zero-order valence-electron chi connectivity index (χ0n) is 16.3. The fraction of sp³-hybridized carbons (Fsp3) is 0.0909. The Kier molecular flexibility index (Phi) is 5.77. The summed E-state index contributed by atoms with van der Waals surface area (Å²) >= 11 is 3.28. The quantitative estimate of drug-likeness (QED) is 0.593. The van der Waals surface area contributed by atoms with Gasteiger partial charge in [-0.3, -0.25) is 9.78 Å². The van der Waals surface area contributed by atoms with Gasteiger partial charge in [0.15, 0.2) is 0 Å². The Morgan fingerprint density at radius 2 is 1.81 bits per heavy atom. The van der Waals surface area contributed by atoms with Crippen LogP contribution in [0, 0.1) is 5.82 Å². The summed E-state index contributed by atoms with van der Waals surface area (Å²) in [5.74, 6) is -0.933. The van der Waals surface area contributed by atoms with Crippen LogP contribution in [-0.4, -0.2) is 35.8 Å². The highest BCUT2D eigenvalue weighted by atomic mass is 79.9. The minimum absolute atomic E-state index is 0.237. The Morgan fingerprint density at radius 3 is 2.55 bits per heavy atom. The molecular weight excluding hydrogens is 465 g/mol. The average molecular weight is 482 g/mol. The van der Waals surface area contributed by atoms with E-state index in [1.165, 1.54) is 17.2 Å². The van der Waals surface area contributed by atoms with Crippen molar-refractivity contribution < 1.29 is 14.0 Å². The molecule has 3 aromatic rings. The van der Waals surface area contributed by atoms with Crippen molar-refractivity contribution in [1.29, 1.82) is 0 Å². The van der Waals surface area contributed by atoms with E-state index in [-0.39, 0.29) is 11.3 Å². The summed E-state index contributed by atoms with van der Waals surface area (Å²) in [6.07, 6.45) is 1.79. The van der Waals surface area contributed by atoms with Crippen LogP contribution < -0.4 is 15.5 Å². The number of benzodiazepines with no additional fused rings is 1. The molecule has 31 heavy (non-hydrogen) atoms. The van der Waals surface area contributed by atoms with Gasteiger partial charge in [0.1, 0.15) is 5.82 Å². The van der Waals surface area contributed by atoms with Crippen molar-refractivity contribution in [3.05, 3.63) is 88.4 Å². The topological polar surface area (TPSA) is 86.7 Å². The molecule has 2 N–H and O–H groups in total. The third-order valence-electron chi connectivity index (χ3n) is 4.70. The van der Waals surface area contributed by atoms with Crippen LogP contribution in [0.2, 0.25) is 0 Å². The summed E-state index contributed by atoms with van der Waals surface area (Å²) in [6, 6.07) is 14.3. The largest absolute Gasteiger partial charge is 0.321 e. The number of carbonyl (C=O) groups excluding carboxylic acids is 2. The van der Waals surface area contributed by atoms with Crippen molar-refractivity contribution in [2.45, 2.75) is 6.17 Å². The highest BCUT2D eigenvalue weighted by Crippen LogP contribution is 2.28. The molecule has 0 bridgehead atoms. The third kappa shape index (κ3) is 4.31. The van der Waals surface area contributed by atoms with Crippen LogP contribution in [0.5, 0.6) is 0 Å². The molecule has 0 fully saturated rings. The first-order chi connectivity index (χ1) is 14.9. The van der Waals surface area contributed by atoms with Crippen molar-refractivity contribution >= 4 is 45.0 Å². The van der Waals surface area contributed by atoms with Crippen LogP contribution in [0.4, 0.5) is 20.6 Å². The van der Waals surface area contributed by atoms with Crippen LogP contribution in [0.3, 0.4) is 0 Å². The Balaban J connectivity index is 1.72. The number of fused-ring (bicyclic) bond motifs is 1. The van der Waals surface area contributed by atoms with Gasteiger partial charge in [-0.2, -0.15) is 0 Å². The van der Waals surface area contributed by atoms with Crippen LogP contribution in [-0.2, 0) is 4.79 Å². The number of amides is 3. The molecule has 1 unspecified atom stereocenters. The molecule has 7 nitrogen and oxygen atoms in total. The summed E-state index contributed by atoms with van der Waals surface area (Å²) in [7, 11) is 1.59. The minimum Gasteiger partial charge on any atom is -0.311 e. The first-order valence-corrected chi connectivity index (χ1v) is 10.1. The second kappa shape index (κ2) is 8.65. The number of carbonyl (C=O) groups is 2. The number of aromatic nitrogens is 1. The summed E-state index contributed by atoms with van der Waals surface area (Å²) in [5, 5.41) is 5.18. The smallest absolute Gasteiger partial charge is 0.311 e. The zero-order chi connectivity index (χ0) is 22.0. The number of hydrogen-bond donors (Lipinski definition) is 2. The van der Waals surface area contributed by atoms with E-state index >= 15 is 0 Å². The molecule has 0 saturated carbocycles. The Hall–Kier alpha value is -3.59. The van der Waals surface area contributed by atoms with Gasteiger partial charge >= 0.3 is 6.03 Å². The Morgan fingerprint density at radius 1 is 1.10 bits per heavy atom. The number of pyridine rings is 1. The van der Waals surface area contributed by atoms with Gasteiger partial charge in [-0.25, -0.2) is 14.2 Å². The van der Waals surface area contributed by atoms with E-state index in [2.05, 4.69) is 36.5 Å². The number of para-hydroxylation sites is 1. The average Bonchev–Trinajstić information content (AvgIpc) is 2.85. The number of halogens is 2. The van der Waals surface area contributed by atoms with Gasteiger partial charge < -0.3 is 15.5 Å². The van der Waals surface area contributed by atoms with Gasteiger partial charge in [-0.1, -0.05) is 30.3 Å². The first kappa shape index (κ1) is 20.7. The number of nitrogens with zero attached hydrogens (tertiary/aromatic N) is 3. The van der Waals surface area contributed by atoms with Gasteiger partial charge in [-0.15, -0.1) is 0 Å². The number of nitrogens with one attached hydrogen (secondary N) is 2. The number of aliphatic imine (C=N–C) groups is 1. The lowest BCUT2D eigenvalue weighted by Crippen LogP contribution is -2.47. The lowest BCUT2D eigenvalue weighted by Gasteiger charge is -2.21. The standard InChI is InChI=1S/C22H17BrFN5O2/c1-29-18-9-5-3-7-16(18)19(15-6-2-4-8-17(15)24)27-20(21(29)30)28-22(31)26-14-10-13(23)11-25-12-14/h2-12,20H,1H3,(H2,26,28,31). The molecule has 1 aliphatic heterocycles. The lowest BCUT2D eigenvalue weighted by atomic mass is 10.00. The maximum atomic E-state index is 14.6. The van der Waals surface area contributed by atoms with Crippen LogP contribution in [0.1, 0.15) is 11.1 Å². The van der Waals surface area contributed by atoms with E-state index in [1.807, 2.05) is 0 Å². The third-order valence-corrected chi connectivity index (χ3v) is 5.14. The highest BCUT2D eigenvalue weighted by molar-refractivity contribution is 9.10. The van der Waals surface area contributed by atoms with E-state index in [1.54, 1.807) is 61.8 Å². The SMILES string of the molecule is CN1C(=O)C(NC(=O)Nc2cncc(Br)c2)N=C(c2ccccc2F)c2ccccc21. The van der Waals surface area contributed by atoms with Crippen molar-refractivity contribution in [2.24, 2.45) is 4.99 Å². The van der Waals surface area contributed by atoms with Gasteiger partial charge in [-0.05, 0) is 40.2 Å². The molecule has 9 heteroatoms. The monoisotopic (exact) mass is 481 g/mol. The van der Waals surface area contributed by atoms with Gasteiger partial charge in [0, 0.05) is 28.8 Å². The molecule has 4 rings (SSSR count). The summed E-state index contributed by atoms with van der Waals surface area (Å²) in [5.41, 5.74) is 2.10. The minimum atomic E-state index is -1.26. The predicted molar refractivity (Wildman–Crippen MR) is 120 cm³/mol. The van der Waals surface area contributed by atoms with E-state index in [0.29, 0.717) is 21.4 Å². The number of hydrogen-bond acceptors (Lipinski definition) is 4. The number of anilines is 2. The van der Waals surface area contributed by atoms with E-state index in [9.17, 15) is 14.0 Å². The maximum Gasteiger partial charge on any atom is 0.321 e. The predicted octanol–water partition coefficient (Wildman–Crippen LogP) is 3.94.